The standard InChI is InChI=1S/C20H23NO7/c1-3-27-19(25)12-6-8-21(9-7-12)16(23)10-14-11(2)13-4-5-15(22)17(24)18(13)28-20(14)26/h4-5,12,22,24H,3,6-10H2,1-2H3. The number of hydrogen-bond donors (Lipinski definition) is 2. The molecule has 0 atom stereocenters. The second-order valence-corrected chi connectivity index (χ2v) is 6.89. The van der Waals surface area contributed by atoms with Crippen molar-refractivity contribution in [3.05, 3.63) is 33.7 Å². The van der Waals surface area contributed by atoms with Gasteiger partial charge < -0.3 is 24.3 Å². The minimum atomic E-state index is -0.722. The van der Waals surface area contributed by atoms with Gasteiger partial charge in [-0.1, -0.05) is 0 Å². The van der Waals surface area contributed by atoms with Gasteiger partial charge in [-0.2, -0.15) is 0 Å². The van der Waals surface area contributed by atoms with Crippen molar-refractivity contribution in [2.24, 2.45) is 5.92 Å². The van der Waals surface area contributed by atoms with Crippen molar-refractivity contribution in [2.45, 2.75) is 33.1 Å². The van der Waals surface area contributed by atoms with Crippen LogP contribution >= 0.6 is 0 Å². The number of likely N-dealkylation sites (tertiary alicyclic amines) is 1. The zero-order chi connectivity index (χ0) is 20.4. The maximum Gasteiger partial charge on any atom is 0.340 e. The Morgan fingerprint density at radius 1 is 1.25 bits per heavy atom. The Bertz CT molecular complexity index is 971. The molecule has 1 saturated heterocycles. The van der Waals surface area contributed by atoms with Crippen LogP contribution < -0.4 is 5.63 Å². The van der Waals surface area contributed by atoms with Gasteiger partial charge in [0.2, 0.25) is 11.7 Å². The lowest BCUT2D eigenvalue weighted by molar-refractivity contribution is -0.151. The Kier molecular flexibility index (Phi) is 5.58. The van der Waals surface area contributed by atoms with E-state index in [2.05, 4.69) is 0 Å². The highest BCUT2D eigenvalue weighted by molar-refractivity contribution is 5.89. The highest BCUT2D eigenvalue weighted by Crippen LogP contribution is 2.34. The van der Waals surface area contributed by atoms with Gasteiger partial charge in [0.25, 0.3) is 0 Å². The van der Waals surface area contributed by atoms with Crippen molar-refractivity contribution in [1.29, 1.82) is 0 Å². The van der Waals surface area contributed by atoms with Crippen molar-refractivity contribution < 1.29 is 29.0 Å². The summed E-state index contributed by atoms with van der Waals surface area (Å²) in [6, 6.07) is 2.83. The van der Waals surface area contributed by atoms with E-state index in [9.17, 15) is 24.6 Å². The Labute approximate surface area is 161 Å². The van der Waals surface area contributed by atoms with E-state index in [0.717, 1.165) is 0 Å². The van der Waals surface area contributed by atoms with Gasteiger partial charge in [-0.15, -0.1) is 0 Å². The summed E-state index contributed by atoms with van der Waals surface area (Å²) in [4.78, 5) is 38.5. The van der Waals surface area contributed by atoms with Crippen molar-refractivity contribution in [3.63, 3.8) is 0 Å². The van der Waals surface area contributed by atoms with Crippen LogP contribution in [0.3, 0.4) is 0 Å². The number of amides is 1. The molecule has 1 aliphatic heterocycles. The first-order valence-electron chi connectivity index (χ1n) is 9.25. The summed E-state index contributed by atoms with van der Waals surface area (Å²) in [5, 5.41) is 19.9. The van der Waals surface area contributed by atoms with Crippen molar-refractivity contribution >= 4 is 22.8 Å². The zero-order valence-electron chi connectivity index (χ0n) is 15.9. The van der Waals surface area contributed by atoms with E-state index in [4.69, 9.17) is 9.15 Å². The number of aromatic hydroxyl groups is 2. The molecule has 0 aliphatic carbocycles. The first-order chi connectivity index (χ1) is 13.3. The van der Waals surface area contributed by atoms with E-state index in [-0.39, 0.29) is 41.1 Å². The van der Waals surface area contributed by atoms with Crippen LogP contribution in [0.25, 0.3) is 11.0 Å². The van der Waals surface area contributed by atoms with Crippen LogP contribution in [0.2, 0.25) is 0 Å². The molecule has 0 bridgehead atoms. The lowest BCUT2D eigenvalue weighted by Crippen LogP contribution is -2.41. The summed E-state index contributed by atoms with van der Waals surface area (Å²) in [6.07, 6.45) is 0.932. The molecule has 1 fully saturated rings. The fraction of sp³-hybridized carbons (Fsp3) is 0.450. The SMILES string of the molecule is CCOC(=O)C1CCN(C(=O)Cc2c(C)c3ccc(O)c(O)c3oc2=O)CC1. The maximum absolute atomic E-state index is 12.7. The zero-order valence-corrected chi connectivity index (χ0v) is 15.9. The number of carbonyl (C=O) groups is 2. The Morgan fingerprint density at radius 2 is 1.93 bits per heavy atom. The van der Waals surface area contributed by atoms with Crippen LogP contribution in [0.4, 0.5) is 0 Å². The van der Waals surface area contributed by atoms with Crippen LogP contribution in [0, 0.1) is 12.8 Å². The Balaban J connectivity index is 1.76. The first-order valence-corrected chi connectivity index (χ1v) is 9.25. The van der Waals surface area contributed by atoms with Gasteiger partial charge in [-0.25, -0.2) is 4.79 Å². The molecular formula is C20H23NO7. The summed E-state index contributed by atoms with van der Waals surface area (Å²) in [5.74, 6) is -1.55. The molecule has 3 rings (SSSR count). The van der Waals surface area contributed by atoms with E-state index in [1.54, 1.807) is 18.7 Å². The van der Waals surface area contributed by atoms with E-state index in [1.807, 2.05) is 0 Å². The molecule has 1 aliphatic rings. The molecule has 2 heterocycles. The highest BCUT2D eigenvalue weighted by Gasteiger charge is 2.29. The summed E-state index contributed by atoms with van der Waals surface area (Å²) in [6.45, 7) is 4.62. The average molecular weight is 389 g/mol. The summed E-state index contributed by atoms with van der Waals surface area (Å²) < 4.78 is 10.2. The van der Waals surface area contributed by atoms with Crippen LogP contribution in [0.1, 0.15) is 30.9 Å². The molecule has 0 radical (unpaired) electrons. The largest absolute Gasteiger partial charge is 0.504 e. The summed E-state index contributed by atoms with van der Waals surface area (Å²) in [7, 11) is 0. The van der Waals surface area contributed by atoms with Gasteiger partial charge >= 0.3 is 11.6 Å². The number of fused-ring (bicyclic) bond motifs is 1. The van der Waals surface area contributed by atoms with Gasteiger partial charge in [0, 0.05) is 18.5 Å². The number of piperidine rings is 1. The number of ether oxygens (including phenoxy) is 1. The number of benzene rings is 1. The maximum atomic E-state index is 12.7. The molecule has 2 aromatic rings. The molecule has 2 N–H and O–H groups in total. The average Bonchev–Trinajstić information content (AvgIpc) is 2.68. The number of hydrogen-bond acceptors (Lipinski definition) is 7. The molecule has 0 unspecified atom stereocenters. The molecule has 8 heteroatoms. The molecule has 0 saturated carbocycles. The second kappa shape index (κ2) is 7.92. The van der Waals surface area contributed by atoms with Crippen LogP contribution in [0.15, 0.2) is 21.3 Å². The van der Waals surface area contributed by atoms with Gasteiger partial charge in [-0.3, -0.25) is 9.59 Å². The fourth-order valence-corrected chi connectivity index (χ4v) is 3.52. The molecule has 1 amide bonds. The van der Waals surface area contributed by atoms with Crippen molar-refractivity contribution in [1.82, 2.24) is 4.90 Å². The van der Waals surface area contributed by atoms with E-state index >= 15 is 0 Å². The normalized spacial score (nSPS) is 15.0. The minimum Gasteiger partial charge on any atom is -0.504 e. The third kappa shape index (κ3) is 3.67. The third-order valence-corrected chi connectivity index (χ3v) is 5.20. The third-order valence-electron chi connectivity index (χ3n) is 5.20. The lowest BCUT2D eigenvalue weighted by atomic mass is 9.96. The monoisotopic (exact) mass is 389 g/mol. The van der Waals surface area contributed by atoms with Crippen LogP contribution in [-0.2, 0) is 20.7 Å². The Morgan fingerprint density at radius 3 is 2.57 bits per heavy atom. The molecule has 0 spiro atoms. The second-order valence-electron chi connectivity index (χ2n) is 6.89. The quantitative estimate of drug-likeness (QED) is 0.465. The molecule has 150 valence electrons. The predicted molar refractivity (Wildman–Crippen MR) is 100 cm³/mol. The lowest BCUT2D eigenvalue weighted by Gasteiger charge is -2.31. The predicted octanol–water partition coefficient (Wildman–Crippen LogP) is 1.86. The molecule has 28 heavy (non-hydrogen) atoms. The van der Waals surface area contributed by atoms with Crippen LogP contribution in [0.5, 0.6) is 11.5 Å². The van der Waals surface area contributed by atoms with Gasteiger partial charge in [-0.05, 0) is 44.4 Å². The molecule has 1 aromatic heterocycles. The fourth-order valence-electron chi connectivity index (χ4n) is 3.52. The molecule has 8 nitrogen and oxygen atoms in total. The van der Waals surface area contributed by atoms with Gasteiger partial charge in [0.05, 0.1) is 24.5 Å². The van der Waals surface area contributed by atoms with Gasteiger partial charge in [0.1, 0.15) is 0 Å². The van der Waals surface area contributed by atoms with E-state index in [1.165, 1.54) is 12.1 Å². The van der Waals surface area contributed by atoms with Crippen molar-refractivity contribution in [3.8, 4) is 11.5 Å². The summed E-state index contributed by atoms with van der Waals surface area (Å²) in [5.41, 5.74) is -0.0824. The topological polar surface area (TPSA) is 117 Å². The van der Waals surface area contributed by atoms with E-state index in [0.29, 0.717) is 43.5 Å². The number of aryl methyl sites for hydroxylation is 1. The van der Waals surface area contributed by atoms with E-state index < -0.39 is 11.4 Å². The summed E-state index contributed by atoms with van der Waals surface area (Å²) >= 11 is 0. The highest BCUT2D eigenvalue weighted by atomic mass is 16.5. The first kappa shape index (κ1) is 19.7. The number of nitrogens with zero attached hydrogens (tertiary/aromatic N) is 1. The number of rotatable bonds is 4. The smallest absolute Gasteiger partial charge is 0.340 e. The number of phenolic OH excluding ortho intramolecular Hbond substituents is 2. The number of phenols is 2. The van der Waals surface area contributed by atoms with Gasteiger partial charge in [0.15, 0.2) is 11.3 Å². The number of esters is 1. The van der Waals surface area contributed by atoms with Crippen LogP contribution in [-0.4, -0.2) is 46.7 Å². The minimum absolute atomic E-state index is 0.103. The van der Waals surface area contributed by atoms with Crippen molar-refractivity contribution in [2.75, 3.05) is 19.7 Å². The Hall–Kier alpha value is -3.03. The molecular weight excluding hydrogens is 366 g/mol. The molecule has 1 aromatic carbocycles. The number of carbonyl (C=O) groups excluding carboxylic acids is 2.